The molecule has 0 atom stereocenters. The maximum atomic E-state index is 15.0. The number of ether oxygens (including phenoxy) is 1. The molecule has 1 aliphatic heterocycles. The van der Waals surface area contributed by atoms with Crippen LogP contribution in [0.2, 0.25) is 0 Å². The van der Waals surface area contributed by atoms with Crippen LogP contribution in [0, 0.1) is 5.82 Å². The zero-order valence-corrected chi connectivity index (χ0v) is 17.5. The molecule has 0 radical (unpaired) electrons. The van der Waals surface area contributed by atoms with E-state index in [0.717, 1.165) is 38.9 Å². The number of rotatable bonds is 7. The number of hydrogen-bond acceptors (Lipinski definition) is 6. The molecule has 1 aromatic heterocycles. The summed E-state index contributed by atoms with van der Waals surface area (Å²) in [5.41, 5.74) is 0.0281. The van der Waals surface area contributed by atoms with Gasteiger partial charge in [0, 0.05) is 50.2 Å². The molecule has 2 aliphatic rings. The molecule has 9 heteroatoms. The van der Waals surface area contributed by atoms with Gasteiger partial charge in [0.25, 0.3) is 0 Å². The number of aromatic nitrogens is 1. The van der Waals surface area contributed by atoms with Crippen LogP contribution in [-0.4, -0.2) is 66.3 Å². The molecule has 1 N–H and O–H groups in total. The lowest BCUT2D eigenvalue weighted by atomic mass is 10.1. The Morgan fingerprint density at radius 3 is 2.52 bits per heavy atom. The van der Waals surface area contributed by atoms with E-state index in [1.54, 1.807) is 6.07 Å². The number of hydrogen-bond donors (Lipinski definition) is 1. The van der Waals surface area contributed by atoms with Gasteiger partial charge in [0.15, 0.2) is 0 Å². The Morgan fingerprint density at radius 1 is 1.19 bits per heavy atom. The van der Waals surface area contributed by atoms with Crippen LogP contribution in [0.3, 0.4) is 0 Å². The molecule has 1 aromatic carbocycles. The molecule has 2 aromatic rings. The Kier molecular flexibility index (Phi) is 5.95. The Morgan fingerprint density at radius 2 is 1.90 bits per heavy atom. The third-order valence-corrected chi connectivity index (χ3v) is 6.07. The first kappa shape index (κ1) is 21.3. The molecule has 4 rings (SSSR count). The summed E-state index contributed by atoms with van der Waals surface area (Å²) in [6.07, 6.45) is 4.32. The number of methoxy groups -OCH3 is 1. The lowest BCUT2D eigenvalue weighted by Gasteiger charge is -2.36. The van der Waals surface area contributed by atoms with E-state index in [0.29, 0.717) is 30.7 Å². The van der Waals surface area contributed by atoms with E-state index in [1.165, 1.54) is 19.4 Å². The highest BCUT2D eigenvalue weighted by Crippen LogP contribution is 2.38. The monoisotopic (exact) mass is 431 g/mol. The molecule has 2 heterocycles. The average Bonchev–Trinajstić information content (AvgIpc) is 3.59. The van der Waals surface area contributed by atoms with Crippen LogP contribution in [0.25, 0.3) is 10.9 Å². The first-order chi connectivity index (χ1) is 14.9. The summed E-state index contributed by atoms with van der Waals surface area (Å²) >= 11 is 0. The highest BCUT2D eigenvalue weighted by atomic mass is 19.1. The Hall–Kier alpha value is -2.94. The number of nitrogens with zero attached hydrogens (tertiary/aromatic N) is 3. The summed E-state index contributed by atoms with van der Waals surface area (Å²) in [5.74, 6) is -2.03. The number of carbonyl (C=O) groups excluding carboxylic acids is 1. The fourth-order valence-electron chi connectivity index (χ4n) is 4.17. The third-order valence-electron chi connectivity index (χ3n) is 6.07. The van der Waals surface area contributed by atoms with Gasteiger partial charge in [-0.15, -0.1) is 0 Å². The number of carboxylic acid groups (broad SMARTS) is 1. The molecule has 0 spiro atoms. The van der Waals surface area contributed by atoms with Gasteiger partial charge in [0.05, 0.1) is 18.3 Å². The fourth-order valence-corrected chi connectivity index (χ4v) is 4.17. The molecule has 0 bridgehead atoms. The van der Waals surface area contributed by atoms with Crippen molar-refractivity contribution in [2.24, 2.45) is 0 Å². The van der Waals surface area contributed by atoms with Crippen molar-refractivity contribution in [1.82, 2.24) is 9.47 Å². The van der Waals surface area contributed by atoms with Crippen molar-refractivity contribution in [3.8, 4) is 0 Å². The topological polar surface area (TPSA) is 92.1 Å². The summed E-state index contributed by atoms with van der Waals surface area (Å²) in [6, 6.07) is 3.01. The van der Waals surface area contributed by atoms with Gasteiger partial charge in [-0.25, -0.2) is 9.18 Å². The first-order valence-corrected chi connectivity index (χ1v) is 10.5. The van der Waals surface area contributed by atoms with E-state index in [9.17, 15) is 23.9 Å². The molecule has 166 valence electrons. The first-order valence-electron chi connectivity index (χ1n) is 10.5. The molecule has 1 saturated carbocycles. The fraction of sp³-hybridized carbons (Fsp3) is 0.500. The lowest BCUT2D eigenvalue weighted by molar-refractivity contribution is -0.140. The van der Waals surface area contributed by atoms with Gasteiger partial charge in [-0.3, -0.25) is 14.5 Å². The quantitative estimate of drug-likeness (QED) is 0.672. The second kappa shape index (κ2) is 8.66. The predicted octanol–water partition coefficient (Wildman–Crippen LogP) is 2.25. The van der Waals surface area contributed by atoms with Crippen molar-refractivity contribution >= 4 is 28.5 Å². The lowest BCUT2D eigenvalue weighted by Crippen LogP contribution is -2.47. The van der Waals surface area contributed by atoms with E-state index in [1.807, 2.05) is 9.47 Å². The SMILES string of the molecule is COC(=O)CCCN1CCN(c2cc3c(cc2F)c(=O)c(C(=O)O)cn3C2CC2)CC1. The number of halogens is 1. The normalized spacial score (nSPS) is 17.2. The number of fused-ring (bicyclic) bond motifs is 1. The van der Waals surface area contributed by atoms with Gasteiger partial charge in [0.1, 0.15) is 11.4 Å². The minimum Gasteiger partial charge on any atom is -0.477 e. The van der Waals surface area contributed by atoms with E-state index in [2.05, 4.69) is 9.64 Å². The Bertz CT molecular complexity index is 1070. The van der Waals surface area contributed by atoms with Crippen molar-refractivity contribution < 1.29 is 23.8 Å². The Balaban J connectivity index is 1.55. The highest BCUT2D eigenvalue weighted by Gasteiger charge is 2.28. The number of carboxylic acids is 1. The van der Waals surface area contributed by atoms with Crippen molar-refractivity contribution in [2.75, 3.05) is 44.7 Å². The molecule has 8 nitrogen and oxygen atoms in total. The minimum absolute atomic E-state index is 0.106. The van der Waals surface area contributed by atoms with Crippen LogP contribution in [0.5, 0.6) is 0 Å². The van der Waals surface area contributed by atoms with Gasteiger partial charge in [-0.1, -0.05) is 0 Å². The van der Waals surface area contributed by atoms with Gasteiger partial charge in [-0.05, 0) is 37.9 Å². The number of piperazine rings is 1. The van der Waals surface area contributed by atoms with E-state index in [4.69, 9.17) is 0 Å². The molecule has 2 fully saturated rings. The van der Waals surface area contributed by atoms with Crippen molar-refractivity contribution in [1.29, 1.82) is 0 Å². The maximum absolute atomic E-state index is 15.0. The maximum Gasteiger partial charge on any atom is 0.341 e. The van der Waals surface area contributed by atoms with Gasteiger partial charge < -0.3 is 19.3 Å². The highest BCUT2D eigenvalue weighted by molar-refractivity contribution is 5.93. The largest absolute Gasteiger partial charge is 0.477 e. The molecule has 1 aliphatic carbocycles. The summed E-state index contributed by atoms with van der Waals surface area (Å²) in [4.78, 5) is 39.5. The van der Waals surface area contributed by atoms with Crippen molar-refractivity contribution in [3.63, 3.8) is 0 Å². The van der Waals surface area contributed by atoms with E-state index < -0.39 is 17.2 Å². The molecule has 0 amide bonds. The predicted molar refractivity (Wildman–Crippen MR) is 113 cm³/mol. The summed E-state index contributed by atoms with van der Waals surface area (Å²) < 4.78 is 21.5. The summed E-state index contributed by atoms with van der Waals surface area (Å²) in [5, 5.41) is 9.47. The molecule has 0 unspecified atom stereocenters. The smallest absolute Gasteiger partial charge is 0.341 e. The average molecular weight is 431 g/mol. The van der Waals surface area contributed by atoms with Crippen LogP contribution in [0.4, 0.5) is 10.1 Å². The number of pyridine rings is 1. The van der Waals surface area contributed by atoms with Gasteiger partial charge in [0.2, 0.25) is 5.43 Å². The van der Waals surface area contributed by atoms with Gasteiger partial charge in [-0.2, -0.15) is 0 Å². The molecule has 31 heavy (non-hydrogen) atoms. The van der Waals surface area contributed by atoms with E-state index in [-0.39, 0.29) is 23.0 Å². The number of anilines is 1. The standard InChI is InChI=1S/C22H26FN3O5/c1-31-20(27)3-2-6-24-7-9-25(10-8-24)19-12-18-15(11-17(19)23)21(28)16(22(29)30)13-26(18)14-4-5-14/h11-14H,2-10H2,1H3,(H,29,30). The van der Waals surface area contributed by atoms with Crippen LogP contribution in [0.15, 0.2) is 23.1 Å². The second-order valence-corrected chi connectivity index (χ2v) is 8.14. The van der Waals surface area contributed by atoms with Crippen LogP contribution in [-0.2, 0) is 9.53 Å². The van der Waals surface area contributed by atoms with Crippen molar-refractivity contribution in [2.45, 2.75) is 31.7 Å². The van der Waals surface area contributed by atoms with Gasteiger partial charge >= 0.3 is 11.9 Å². The summed E-state index contributed by atoms with van der Waals surface area (Å²) in [6.45, 7) is 3.52. The number of esters is 1. The number of aromatic carboxylic acids is 1. The molecule has 1 saturated heterocycles. The number of benzene rings is 1. The second-order valence-electron chi connectivity index (χ2n) is 8.14. The number of carbonyl (C=O) groups is 2. The third kappa shape index (κ3) is 4.41. The molecular weight excluding hydrogens is 405 g/mol. The van der Waals surface area contributed by atoms with Crippen LogP contribution >= 0.6 is 0 Å². The Labute approximate surface area is 178 Å². The summed E-state index contributed by atoms with van der Waals surface area (Å²) in [7, 11) is 1.38. The van der Waals surface area contributed by atoms with Crippen molar-refractivity contribution in [3.05, 3.63) is 39.9 Å². The van der Waals surface area contributed by atoms with Crippen LogP contribution < -0.4 is 10.3 Å². The minimum atomic E-state index is -1.30. The van der Waals surface area contributed by atoms with Crippen LogP contribution in [0.1, 0.15) is 42.1 Å². The molecular formula is C22H26FN3O5. The zero-order chi connectivity index (χ0) is 22.1. The zero-order valence-electron chi connectivity index (χ0n) is 17.5. The van der Waals surface area contributed by atoms with E-state index >= 15 is 0 Å².